The Kier molecular flexibility index (Phi) is 4.23. The number of hydrogen-bond donors (Lipinski definition) is 2. The van der Waals surface area contributed by atoms with Gasteiger partial charge in [0.25, 0.3) is 0 Å². The highest BCUT2D eigenvalue weighted by molar-refractivity contribution is 5.81. The number of likely N-dealkylation sites (N-methyl/N-ethyl adjacent to an activating group) is 1. The van der Waals surface area contributed by atoms with Crippen molar-refractivity contribution in [3.63, 3.8) is 0 Å². The van der Waals surface area contributed by atoms with Crippen molar-refractivity contribution in [3.8, 4) is 0 Å². The van der Waals surface area contributed by atoms with E-state index in [2.05, 4.69) is 20.7 Å². The fourth-order valence-electron chi connectivity index (χ4n) is 1.14. The van der Waals surface area contributed by atoms with E-state index in [1.165, 1.54) is 6.33 Å². The van der Waals surface area contributed by atoms with Gasteiger partial charge in [-0.1, -0.05) is 0 Å². The van der Waals surface area contributed by atoms with Crippen LogP contribution < -0.4 is 10.6 Å². The molecule has 1 atom stereocenters. The van der Waals surface area contributed by atoms with Crippen LogP contribution in [-0.4, -0.2) is 33.3 Å². The monoisotopic (exact) mass is 211 g/mol. The average Bonchev–Trinajstić information content (AvgIpc) is 2.61. The van der Waals surface area contributed by atoms with Crippen LogP contribution in [0.2, 0.25) is 0 Å². The van der Waals surface area contributed by atoms with Gasteiger partial charge in [0, 0.05) is 13.6 Å². The van der Waals surface area contributed by atoms with Gasteiger partial charge in [0.2, 0.25) is 5.91 Å². The highest BCUT2D eigenvalue weighted by Crippen LogP contribution is 1.91. The Balaban J connectivity index is 2.37. The molecule has 0 aliphatic carbocycles. The lowest BCUT2D eigenvalue weighted by Crippen LogP contribution is -2.42. The highest BCUT2D eigenvalue weighted by atomic mass is 16.2. The van der Waals surface area contributed by atoms with Gasteiger partial charge in [0.05, 0.1) is 12.6 Å². The van der Waals surface area contributed by atoms with E-state index in [1.807, 2.05) is 20.9 Å². The van der Waals surface area contributed by atoms with E-state index in [1.54, 1.807) is 4.68 Å². The Hall–Kier alpha value is -1.43. The van der Waals surface area contributed by atoms with Gasteiger partial charge in [-0.05, 0) is 13.8 Å². The third-order valence-electron chi connectivity index (χ3n) is 2.12. The second kappa shape index (κ2) is 5.45. The second-order valence-electron chi connectivity index (χ2n) is 3.30. The molecule has 0 aliphatic rings. The van der Waals surface area contributed by atoms with E-state index >= 15 is 0 Å². The number of amides is 1. The zero-order valence-electron chi connectivity index (χ0n) is 9.32. The first-order valence-electron chi connectivity index (χ1n) is 4.99. The van der Waals surface area contributed by atoms with E-state index in [-0.39, 0.29) is 11.9 Å². The van der Waals surface area contributed by atoms with Crippen molar-refractivity contribution in [2.24, 2.45) is 7.05 Å². The number of carbonyl (C=O) groups is 1. The predicted molar refractivity (Wildman–Crippen MR) is 56.0 cm³/mol. The molecule has 0 saturated heterocycles. The summed E-state index contributed by atoms with van der Waals surface area (Å²) in [5, 5.41) is 9.76. The molecule has 6 nitrogen and oxygen atoms in total. The minimum atomic E-state index is -0.221. The van der Waals surface area contributed by atoms with Crippen LogP contribution in [0.4, 0.5) is 0 Å². The van der Waals surface area contributed by atoms with Gasteiger partial charge >= 0.3 is 0 Å². The molecule has 0 fully saturated rings. The minimum Gasteiger partial charge on any atom is -0.355 e. The largest absolute Gasteiger partial charge is 0.355 e. The molecule has 1 unspecified atom stereocenters. The summed E-state index contributed by atoms with van der Waals surface area (Å²) in [7, 11) is 1.82. The number of aryl methyl sites for hydroxylation is 1. The molecular formula is C9H17N5O. The third kappa shape index (κ3) is 3.32. The van der Waals surface area contributed by atoms with Gasteiger partial charge in [-0.15, -0.1) is 0 Å². The third-order valence-corrected chi connectivity index (χ3v) is 2.12. The van der Waals surface area contributed by atoms with Gasteiger partial charge in [-0.2, -0.15) is 5.10 Å². The Morgan fingerprint density at radius 3 is 2.93 bits per heavy atom. The second-order valence-corrected chi connectivity index (χ2v) is 3.30. The van der Waals surface area contributed by atoms with Gasteiger partial charge < -0.3 is 5.32 Å². The summed E-state index contributed by atoms with van der Waals surface area (Å²) >= 11 is 0. The average molecular weight is 211 g/mol. The minimum absolute atomic E-state index is 0.000307. The van der Waals surface area contributed by atoms with Crippen LogP contribution in [0.5, 0.6) is 0 Å². The lowest BCUT2D eigenvalue weighted by atomic mass is 10.3. The van der Waals surface area contributed by atoms with Crippen LogP contribution in [0.25, 0.3) is 0 Å². The number of hydrogen-bond acceptors (Lipinski definition) is 4. The SMILES string of the molecule is CCNC(=O)C(C)NCc1ncnn1C. The highest BCUT2D eigenvalue weighted by Gasteiger charge is 2.11. The van der Waals surface area contributed by atoms with Crippen molar-refractivity contribution in [3.05, 3.63) is 12.2 Å². The molecule has 2 N–H and O–H groups in total. The summed E-state index contributed by atoms with van der Waals surface area (Å²) in [5.74, 6) is 0.811. The van der Waals surface area contributed by atoms with E-state index in [0.717, 1.165) is 5.82 Å². The molecule has 1 rings (SSSR count). The summed E-state index contributed by atoms with van der Waals surface area (Å²) in [5.41, 5.74) is 0. The van der Waals surface area contributed by atoms with E-state index in [9.17, 15) is 4.79 Å². The van der Waals surface area contributed by atoms with Crippen molar-refractivity contribution >= 4 is 5.91 Å². The molecule has 15 heavy (non-hydrogen) atoms. The number of nitrogens with zero attached hydrogens (tertiary/aromatic N) is 3. The Morgan fingerprint density at radius 1 is 1.67 bits per heavy atom. The summed E-state index contributed by atoms with van der Waals surface area (Å²) < 4.78 is 1.68. The Morgan fingerprint density at radius 2 is 2.40 bits per heavy atom. The summed E-state index contributed by atoms with van der Waals surface area (Å²) in [6.45, 7) is 4.90. The first-order chi connectivity index (χ1) is 7.15. The van der Waals surface area contributed by atoms with Gasteiger partial charge in [0.1, 0.15) is 12.2 Å². The van der Waals surface area contributed by atoms with Crippen LogP contribution in [-0.2, 0) is 18.4 Å². The Bertz CT molecular complexity index is 322. The first-order valence-corrected chi connectivity index (χ1v) is 4.99. The maximum Gasteiger partial charge on any atom is 0.236 e. The molecule has 0 aliphatic heterocycles. The molecule has 0 saturated carbocycles. The quantitative estimate of drug-likeness (QED) is 0.684. The van der Waals surface area contributed by atoms with E-state index < -0.39 is 0 Å². The number of aromatic nitrogens is 3. The smallest absolute Gasteiger partial charge is 0.236 e. The molecule has 84 valence electrons. The summed E-state index contributed by atoms with van der Waals surface area (Å²) in [6.07, 6.45) is 1.49. The van der Waals surface area contributed by atoms with Crippen molar-refractivity contribution in [2.75, 3.05) is 6.54 Å². The predicted octanol–water partition coefficient (Wildman–Crippen LogP) is -0.571. The molecule has 6 heteroatoms. The van der Waals surface area contributed by atoms with Crippen molar-refractivity contribution in [2.45, 2.75) is 26.4 Å². The zero-order valence-corrected chi connectivity index (χ0v) is 9.32. The van der Waals surface area contributed by atoms with Gasteiger partial charge in [-0.25, -0.2) is 4.98 Å². The van der Waals surface area contributed by atoms with Gasteiger partial charge in [-0.3, -0.25) is 14.8 Å². The van der Waals surface area contributed by atoms with Crippen LogP contribution in [0.15, 0.2) is 6.33 Å². The van der Waals surface area contributed by atoms with Crippen LogP contribution >= 0.6 is 0 Å². The zero-order chi connectivity index (χ0) is 11.3. The fraction of sp³-hybridized carbons (Fsp3) is 0.667. The molecule has 0 aromatic carbocycles. The molecule has 0 bridgehead atoms. The van der Waals surface area contributed by atoms with Crippen LogP contribution in [0.1, 0.15) is 19.7 Å². The lowest BCUT2D eigenvalue weighted by Gasteiger charge is -2.12. The molecule has 1 aromatic rings. The number of nitrogens with one attached hydrogen (secondary N) is 2. The number of rotatable bonds is 5. The molecule has 0 radical (unpaired) electrons. The standard InChI is InChI=1S/C9H17N5O/c1-4-10-9(15)7(2)11-5-8-12-6-13-14(8)3/h6-7,11H,4-5H2,1-3H3,(H,10,15). The molecular weight excluding hydrogens is 194 g/mol. The van der Waals surface area contributed by atoms with Crippen molar-refractivity contribution in [1.82, 2.24) is 25.4 Å². The van der Waals surface area contributed by atoms with E-state index in [4.69, 9.17) is 0 Å². The van der Waals surface area contributed by atoms with Gasteiger partial charge in [0.15, 0.2) is 0 Å². The van der Waals surface area contributed by atoms with E-state index in [0.29, 0.717) is 13.1 Å². The van der Waals surface area contributed by atoms with Crippen LogP contribution in [0, 0.1) is 0 Å². The summed E-state index contributed by atoms with van der Waals surface area (Å²) in [4.78, 5) is 15.4. The Labute approximate surface area is 89.1 Å². The summed E-state index contributed by atoms with van der Waals surface area (Å²) in [6, 6.07) is -0.221. The molecule has 0 spiro atoms. The maximum atomic E-state index is 11.4. The van der Waals surface area contributed by atoms with Crippen LogP contribution in [0.3, 0.4) is 0 Å². The lowest BCUT2D eigenvalue weighted by molar-refractivity contribution is -0.122. The molecule has 1 aromatic heterocycles. The normalized spacial score (nSPS) is 12.5. The molecule has 1 heterocycles. The topological polar surface area (TPSA) is 71.8 Å². The van der Waals surface area contributed by atoms with Crippen molar-refractivity contribution in [1.29, 1.82) is 0 Å². The van der Waals surface area contributed by atoms with Crippen molar-refractivity contribution < 1.29 is 4.79 Å². The number of carbonyl (C=O) groups excluding carboxylic acids is 1. The first kappa shape index (κ1) is 11.6. The maximum absolute atomic E-state index is 11.4. The molecule has 1 amide bonds. The fourth-order valence-corrected chi connectivity index (χ4v) is 1.14.